The molecule has 1 atom stereocenters. The zero-order valence-electron chi connectivity index (χ0n) is 4.16. The maximum atomic E-state index is 8.26. The van der Waals surface area contributed by atoms with Crippen LogP contribution in [0.2, 0.25) is 0 Å². The molecule has 5 heteroatoms. The molecule has 0 aliphatic rings. The summed E-state index contributed by atoms with van der Waals surface area (Å²) in [7, 11) is 0. The molecule has 9 heavy (non-hydrogen) atoms. The molecule has 0 saturated heterocycles. The average Bonchev–Trinajstić information content (AvgIpc) is 1.95. The molecule has 47 valence electrons. The van der Waals surface area contributed by atoms with Crippen molar-refractivity contribution >= 4 is 6.77 Å². The van der Waals surface area contributed by atoms with Crippen LogP contribution in [0.1, 0.15) is 0 Å². The van der Waals surface area contributed by atoms with Gasteiger partial charge in [-0.1, -0.05) is 0 Å². The summed E-state index contributed by atoms with van der Waals surface area (Å²) in [6, 6.07) is 4.85. The van der Waals surface area contributed by atoms with E-state index in [1.165, 1.54) is 0 Å². The SMILES string of the molecule is N#CC(C#N)(C#N)[PH][Pd]. The van der Waals surface area contributed by atoms with Crippen LogP contribution in [0.4, 0.5) is 0 Å². The van der Waals surface area contributed by atoms with Crippen LogP contribution in [0.5, 0.6) is 0 Å². The standard InChI is InChI=1S/C4HN3P.Pd/c5-1-4(8,2-6)3-7;/h8H;/q-1;+1. The van der Waals surface area contributed by atoms with Gasteiger partial charge >= 0.3 is 64.6 Å². The van der Waals surface area contributed by atoms with Crippen LogP contribution in [0.15, 0.2) is 0 Å². The molecule has 0 amide bonds. The number of rotatable bonds is 1. The summed E-state index contributed by atoms with van der Waals surface area (Å²) in [6.45, 7) is -0.114. The molecular weight excluding hydrogens is 227 g/mol. The Kier molecular flexibility index (Phi) is 3.39. The second-order valence-electron chi connectivity index (χ2n) is 1.16. The van der Waals surface area contributed by atoms with Gasteiger partial charge in [-0.05, 0) is 0 Å². The topological polar surface area (TPSA) is 71.4 Å². The van der Waals surface area contributed by atoms with E-state index in [-0.39, 0.29) is 6.77 Å². The van der Waals surface area contributed by atoms with E-state index >= 15 is 0 Å². The average molecular weight is 228 g/mol. The van der Waals surface area contributed by atoms with Crippen molar-refractivity contribution in [2.24, 2.45) is 0 Å². The third-order valence-corrected chi connectivity index (χ3v) is 2.94. The number of hydrogen-bond acceptors (Lipinski definition) is 3. The van der Waals surface area contributed by atoms with Crippen LogP contribution in [0.25, 0.3) is 0 Å². The van der Waals surface area contributed by atoms with Crippen molar-refractivity contribution in [3.63, 3.8) is 0 Å². The molecule has 1 unspecified atom stereocenters. The Morgan fingerprint density at radius 3 is 1.44 bits per heavy atom. The van der Waals surface area contributed by atoms with Gasteiger partial charge in [0.1, 0.15) is 0 Å². The van der Waals surface area contributed by atoms with Crippen LogP contribution in [0, 0.1) is 34.0 Å². The third-order valence-electron chi connectivity index (χ3n) is 0.622. The van der Waals surface area contributed by atoms with Gasteiger partial charge in [-0.15, -0.1) is 0 Å². The van der Waals surface area contributed by atoms with Crippen molar-refractivity contribution in [1.29, 1.82) is 15.8 Å². The van der Waals surface area contributed by atoms with Gasteiger partial charge in [-0.3, -0.25) is 0 Å². The minimum absolute atomic E-state index is 0.114. The van der Waals surface area contributed by atoms with Crippen molar-refractivity contribution < 1.29 is 18.7 Å². The molecule has 0 saturated carbocycles. The first-order chi connectivity index (χ1) is 4.24. The summed E-state index contributed by atoms with van der Waals surface area (Å²) in [6.07, 6.45) is 0. The Hall–Kier alpha value is -0.438. The molecule has 0 aliphatic heterocycles. The second-order valence-corrected chi connectivity index (χ2v) is 3.24. The van der Waals surface area contributed by atoms with E-state index < -0.39 is 5.16 Å². The third kappa shape index (κ3) is 1.75. The Balaban J connectivity index is 4.54. The summed E-state index contributed by atoms with van der Waals surface area (Å²) in [5.74, 6) is 0. The molecule has 0 fully saturated rings. The van der Waals surface area contributed by atoms with Gasteiger partial charge < -0.3 is 0 Å². The fourth-order valence-electron chi connectivity index (χ4n) is 0.128. The van der Waals surface area contributed by atoms with E-state index in [4.69, 9.17) is 15.8 Å². The molecule has 0 heterocycles. The summed E-state index contributed by atoms with van der Waals surface area (Å²) < 4.78 is 0. The van der Waals surface area contributed by atoms with Crippen molar-refractivity contribution in [3.8, 4) is 18.2 Å². The quantitative estimate of drug-likeness (QED) is 0.483. The molecule has 0 rings (SSSR count). The zero-order valence-corrected chi connectivity index (χ0v) is 6.71. The molecular formula is C4HN3PPd. The van der Waals surface area contributed by atoms with Crippen LogP contribution >= 0.6 is 6.77 Å². The maximum absolute atomic E-state index is 8.26. The van der Waals surface area contributed by atoms with Gasteiger partial charge in [0.25, 0.3) is 0 Å². The van der Waals surface area contributed by atoms with E-state index in [0.29, 0.717) is 0 Å². The Morgan fingerprint density at radius 1 is 1.11 bits per heavy atom. The molecule has 0 radical (unpaired) electrons. The van der Waals surface area contributed by atoms with E-state index in [0.717, 1.165) is 0 Å². The molecule has 0 aromatic rings. The summed E-state index contributed by atoms with van der Waals surface area (Å²) in [5.41, 5.74) is 0. The molecule has 0 aliphatic carbocycles. The van der Waals surface area contributed by atoms with E-state index in [1.807, 2.05) is 0 Å². The molecule has 3 nitrogen and oxygen atoms in total. The second kappa shape index (κ2) is 3.56. The van der Waals surface area contributed by atoms with Crippen molar-refractivity contribution in [2.75, 3.05) is 0 Å². The van der Waals surface area contributed by atoms with Gasteiger partial charge in [0.05, 0.1) is 0 Å². The Bertz CT molecular complexity index is 181. The summed E-state index contributed by atoms with van der Waals surface area (Å²) >= 11 is 2.66. The molecule has 0 aromatic carbocycles. The predicted molar refractivity (Wildman–Crippen MR) is 27.9 cm³/mol. The first-order valence-electron chi connectivity index (χ1n) is 1.83. The molecule has 0 spiro atoms. The van der Waals surface area contributed by atoms with Crippen LogP contribution in [0.3, 0.4) is 0 Å². The van der Waals surface area contributed by atoms with Crippen molar-refractivity contribution in [1.82, 2.24) is 0 Å². The first-order valence-corrected chi connectivity index (χ1v) is 4.98. The first kappa shape index (κ1) is 8.56. The van der Waals surface area contributed by atoms with Gasteiger partial charge in [0.15, 0.2) is 0 Å². The normalized spacial score (nSPS) is 10.1. The summed E-state index contributed by atoms with van der Waals surface area (Å²) in [5, 5.41) is 23.3. The Labute approximate surface area is 64.9 Å². The molecule has 0 aromatic heterocycles. The van der Waals surface area contributed by atoms with E-state index in [2.05, 4.69) is 18.7 Å². The Morgan fingerprint density at radius 2 is 1.44 bits per heavy atom. The number of hydrogen-bond donors (Lipinski definition) is 0. The summed E-state index contributed by atoms with van der Waals surface area (Å²) in [4.78, 5) is 0. The molecule has 0 bridgehead atoms. The van der Waals surface area contributed by atoms with Crippen LogP contribution < -0.4 is 0 Å². The fraction of sp³-hybridized carbons (Fsp3) is 0.250. The zero-order chi connectivity index (χ0) is 7.33. The minimum atomic E-state index is -1.46. The number of nitrogens with zero attached hydrogens (tertiary/aromatic N) is 3. The number of nitriles is 3. The predicted octanol–water partition coefficient (Wildman–Crippen LogP) is 0.436. The molecule has 0 N–H and O–H groups in total. The van der Waals surface area contributed by atoms with Gasteiger partial charge in [-0.2, -0.15) is 0 Å². The van der Waals surface area contributed by atoms with Crippen LogP contribution in [-0.2, 0) is 18.7 Å². The van der Waals surface area contributed by atoms with E-state index in [9.17, 15) is 0 Å². The van der Waals surface area contributed by atoms with Gasteiger partial charge in [0.2, 0.25) is 0 Å². The van der Waals surface area contributed by atoms with Gasteiger partial charge in [-0.25, -0.2) is 0 Å². The van der Waals surface area contributed by atoms with Crippen LogP contribution in [-0.4, -0.2) is 5.16 Å². The fourth-order valence-corrected chi connectivity index (χ4v) is 1.02. The van der Waals surface area contributed by atoms with Crippen molar-refractivity contribution in [3.05, 3.63) is 0 Å². The van der Waals surface area contributed by atoms with E-state index in [1.54, 1.807) is 18.2 Å². The van der Waals surface area contributed by atoms with Crippen molar-refractivity contribution in [2.45, 2.75) is 5.16 Å². The van der Waals surface area contributed by atoms with Gasteiger partial charge in [0, 0.05) is 0 Å². The monoisotopic (exact) mass is 228 g/mol.